The van der Waals surface area contributed by atoms with Gasteiger partial charge in [-0.25, -0.2) is 18.5 Å². The summed E-state index contributed by atoms with van der Waals surface area (Å²) in [4.78, 5) is 7.30. The number of aliphatic hydroxyl groups is 1. The minimum atomic E-state index is -4.73. The topological polar surface area (TPSA) is 127 Å². The van der Waals surface area contributed by atoms with E-state index in [4.69, 9.17) is 9.88 Å². The first kappa shape index (κ1) is 20.3. The van der Waals surface area contributed by atoms with Crippen LogP contribution in [0.2, 0.25) is 0 Å². The average Bonchev–Trinajstić information content (AvgIpc) is 2.98. The molecule has 1 saturated carbocycles. The summed E-state index contributed by atoms with van der Waals surface area (Å²) in [6, 6.07) is 5.19. The second-order valence-electron chi connectivity index (χ2n) is 6.26. The van der Waals surface area contributed by atoms with E-state index in [1.54, 1.807) is 0 Å². The molecule has 0 radical (unpaired) electrons. The molecule has 1 aliphatic carbocycles. The number of nitrogens with zero attached hydrogens (tertiary/aromatic N) is 2. The number of aliphatic hydroxyl groups excluding tert-OH is 1. The molecule has 28 heavy (non-hydrogen) atoms. The largest absolute Gasteiger partial charge is 0.471 e. The number of halogens is 3. The number of hydrogen-bond donors (Lipinski definition) is 3. The van der Waals surface area contributed by atoms with Crippen LogP contribution in [-0.2, 0) is 16.2 Å². The number of anilines is 2. The summed E-state index contributed by atoms with van der Waals surface area (Å²) in [6.07, 6.45) is -4.28. The van der Waals surface area contributed by atoms with E-state index in [1.165, 1.54) is 24.3 Å². The highest BCUT2D eigenvalue weighted by Crippen LogP contribution is 2.37. The smallest absolute Gasteiger partial charge is 0.423 e. The van der Waals surface area contributed by atoms with Gasteiger partial charge in [0.05, 0.1) is 11.0 Å². The summed E-state index contributed by atoms with van der Waals surface area (Å²) in [5, 5.41) is 17.5. The van der Waals surface area contributed by atoms with Gasteiger partial charge in [0.1, 0.15) is 11.7 Å². The van der Waals surface area contributed by atoms with Crippen LogP contribution < -0.4 is 15.2 Å². The van der Waals surface area contributed by atoms with Gasteiger partial charge in [0, 0.05) is 11.9 Å². The fourth-order valence-corrected chi connectivity index (χ4v) is 3.27. The molecule has 0 unspecified atom stereocenters. The van der Waals surface area contributed by atoms with E-state index in [0.717, 1.165) is 0 Å². The molecule has 2 atom stereocenters. The number of rotatable bonds is 5. The van der Waals surface area contributed by atoms with Crippen LogP contribution in [-0.4, -0.2) is 35.7 Å². The second-order valence-corrected chi connectivity index (χ2v) is 7.82. The number of benzene rings is 1. The Morgan fingerprint density at radius 2 is 1.89 bits per heavy atom. The summed E-state index contributed by atoms with van der Waals surface area (Å²) >= 11 is 0. The SMILES string of the molecule is NS(=O)(=O)c1ccc(Nc2ncc(C(F)(F)F)c(O[C@H]3CCC[C@H]3O)n2)cc1. The molecule has 1 fully saturated rings. The number of hydrogen-bond acceptors (Lipinski definition) is 7. The highest BCUT2D eigenvalue weighted by Gasteiger charge is 2.38. The monoisotopic (exact) mass is 418 g/mol. The lowest BCUT2D eigenvalue weighted by atomic mass is 10.2. The molecule has 0 amide bonds. The molecule has 1 aliphatic rings. The number of alkyl halides is 3. The highest BCUT2D eigenvalue weighted by atomic mass is 32.2. The molecule has 1 aromatic heterocycles. The van der Waals surface area contributed by atoms with Gasteiger partial charge in [0.25, 0.3) is 0 Å². The maximum Gasteiger partial charge on any atom is 0.423 e. The zero-order valence-electron chi connectivity index (χ0n) is 14.3. The van der Waals surface area contributed by atoms with Gasteiger partial charge < -0.3 is 15.2 Å². The molecule has 0 saturated heterocycles. The molecule has 4 N–H and O–H groups in total. The predicted molar refractivity (Wildman–Crippen MR) is 92.4 cm³/mol. The molecule has 1 heterocycles. The van der Waals surface area contributed by atoms with Crippen molar-refractivity contribution in [3.05, 3.63) is 36.0 Å². The van der Waals surface area contributed by atoms with Crippen LogP contribution >= 0.6 is 0 Å². The van der Waals surface area contributed by atoms with Crippen LogP contribution in [0.4, 0.5) is 24.8 Å². The van der Waals surface area contributed by atoms with Crippen molar-refractivity contribution in [3.8, 4) is 5.88 Å². The first-order valence-corrected chi connectivity index (χ1v) is 9.77. The standard InChI is InChI=1S/C16H17F3N4O4S/c17-16(18,19)11-8-21-15(23-14(11)27-13-3-1-2-12(13)24)22-9-4-6-10(7-5-9)28(20,25)26/h4-8,12-13,24H,1-3H2,(H2,20,25,26)(H,21,22,23)/t12-,13+/m1/s1. The Labute approximate surface area is 158 Å². The van der Waals surface area contributed by atoms with Crippen LogP contribution in [0.5, 0.6) is 5.88 Å². The number of aromatic nitrogens is 2. The van der Waals surface area contributed by atoms with Crippen molar-refractivity contribution in [2.45, 2.75) is 42.5 Å². The third kappa shape index (κ3) is 4.69. The lowest BCUT2D eigenvalue weighted by Crippen LogP contribution is -2.27. The van der Waals surface area contributed by atoms with Crippen LogP contribution in [0, 0.1) is 0 Å². The van der Waals surface area contributed by atoms with E-state index in [2.05, 4.69) is 15.3 Å². The number of nitrogens with one attached hydrogen (secondary N) is 1. The van der Waals surface area contributed by atoms with E-state index in [-0.39, 0.29) is 10.8 Å². The molecule has 3 rings (SSSR count). The third-order valence-electron chi connectivity index (χ3n) is 4.18. The molecule has 0 bridgehead atoms. The van der Waals surface area contributed by atoms with Crippen molar-refractivity contribution in [2.24, 2.45) is 5.14 Å². The minimum Gasteiger partial charge on any atom is -0.471 e. The zero-order chi connectivity index (χ0) is 20.5. The van der Waals surface area contributed by atoms with Crippen LogP contribution in [0.1, 0.15) is 24.8 Å². The van der Waals surface area contributed by atoms with E-state index < -0.39 is 39.9 Å². The van der Waals surface area contributed by atoms with Crippen molar-refractivity contribution in [3.63, 3.8) is 0 Å². The van der Waals surface area contributed by atoms with E-state index >= 15 is 0 Å². The van der Waals surface area contributed by atoms with Crippen molar-refractivity contribution in [1.82, 2.24) is 9.97 Å². The Morgan fingerprint density at radius 3 is 2.43 bits per heavy atom. The average molecular weight is 418 g/mol. The number of sulfonamides is 1. The maximum absolute atomic E-state index is 13.2. The van der Waals surface area contributed by atoms with Gasteiger partial charge in [-0.1, -0.05) is 0 Å². The molecule has 8 nitrogen and oxygen atoms in total. The number of primary sulfonamides is 1. The zero-order valence-corrected chi connectivity index (χ0v) is 15.2. The van der Waals surface area contributed by atoms with Crippen molar-refractivity contribution in [1.29, 1.82) is 0 Å². The fraction of sp³-hybridized carbons (Fsp3) is 0.375. The van der Waals surface area contributed by atoms with Gasteiger partial charge in [0.2, 0.25) is 21.9 Å². The normalized spacial score (nSPS) is 20.2. The van der Waals surface area contributed by atoms with Gasteiger partial charge in [-0.2, -0.15) is 18.2 Å². The minimum absolute atomic E-state index is 0.120. The lowest BCUT2D eigenvalue weighted by molar-refractivity contribution is -0.140. The number of nitrogens with two attached hydrogens (primary N) is 1. The van der Waals surface area contributed by atoms with Crippen molar-refractivity contribution >= 4 is 21.7 Å². The number of ether oxygens (including phenoxy) is 1. The summed E-state index contributed by atoms with van der Waals surface area (Å²) < 4.78 is 67.5. The van der Waals surface area contributed by atoms with Crippen LogP contribution in [0.3, 0.4) is 0 Å². The van der Waals surface area contributed by atoms with Gasteiger partial charge in [0.15, 0.2) is 0 Å². The summed E-state index contributed by atoms with van der Waals surface area (Å²) in [7, 11) is -3.87. The van der Waals surface area contributed by atoms with Gasteiger partial charge in [-0.3, -0.25) is 0 Å². The Hall–Kier alpha value is -2.44. The first-order valence-electron chi connectivity index (χ1n) is 8.23. The van der Waals surface area contributed by atoms with Crippen molar-refractivity contribution < 1.29 is 31.4 Å². The second kappa shape index (κ2) is 7.53. The van der Waals surface area contributed by atoms with E-state index in [9.17, 15) is 26.7 Å². The third-order valence-corrected chi connectivity index (χ3v) is 5.11. The van der Waals surface area contributed by atoms with Gasteiger partial charge >= 0.3 is 6.18 Å². The molecule has 2 aromatic rings. The van der Waals surface area contributed by atoms with Gasteiger partial charge in [-0.15, -0.1) is 0 Å². The van der Waals surface area contributed by atoms with Crippen molar-refractivity contribution in [2.75, 3.05) is 5.32 Å². The predicted octanol–water partition coefficient (Wildman–Crippen LogP) is 2.18. The van der Waals surface area contributed by atoms with E-state index in [1.807, 2.05) is 0 Å². The Kier molecular flexibility index (Phi) is 5.46. The molecular formula is C16H17F3N4O4S. The quantitative estimate of drug-likeness (QED) is 0.679. The molecule has 1 aromatic carbocycles. The molecule has 152 valence electrons. The first-order chi connectivity index (χ1) is 13.0. The Balaban J connectivity index is 1.86. The Morgan fingerprint density at radius 1 is 1.21 bits per heavy atom. The summed E-state index contributed by atoms with van der Waals surface area (Å²) in [5.74, 6) is -0.865. The molecule has 0 spiro atoms. The molecule has 0 aliphatic heterocycles. The summed E-state index contributed by atoms with van der Waals surface area (Å²) in [5.41, 5.74) is -0.819. The molecule has 12 heteroatoms. The van der Waals surface area contributed by atoms with Crippen LogP contribution in [0.15, 0.2) is 35.4 Å². The lowest BCUT2D eigenvalue weighted by Gasteiger charge is -2.19. The molecular weight excluding hydrogens is 401 g/mol. The van der Waals surface area contributed by atoms with E-state index in [0.29, 0.717) is 31.1 Å². The fourth-order valence-electron chi connectivity index (χ4n) is 2.76. The van der Waals surface area contributed by atoms with Gasteiger partial charge in [-0.05, 0) is 43.5 Å². The summed E-state index contributed by atoms with van der Waals surface area (Å²) in [6.45, 7) is 0. The maximum atomic E-state index is 13.2. The Bertz CT molecular complexity index is 951. The highest BCUT2D eigenvalue weighted by molar-refractivity contribution is 7.89. The van der Waals surface area contributed by atoms with Crippen LogP contribution in [0.25, 0.3) is 0 Å².